The van der Waals surface area contributed by atoms with Gasteiger partial charge in [-0.3, -0.25) is 19.6 Å². The number of esters is 1. The van der Waals surface area contributed by atoms with Crippen molar-refractivity contribution in [1.82, 2.24) is 25.0 Å². The summed E-state index contributed by atoms with van der Waals surface area (Å²) in [5, 5.41) is 5.43. The fraction of sp³-hybridized carbons (Fsp3) is 0.455. The molecule has 0 unspecified atom stereocenters. The van der Waals surface area contributed by atoms with E-state index in [0.29, 0.717) is 38.8 Å². The highest BCUT2D eigenvalue weighted by atomic mass is 32.1. The molecule has 5 heterocycles. The third kappa shape index (κ3) is 5.89. The zero-order valence-corrected chi connectivity index (χ0v) is 26.6. The van der Waals surface area contributed by atoms with Crippen molar-refractivity contribution < 1.29 is 19.1 Å². The number of aromatic nitrogens is 3. The van der Waals surface area contributed by atoms with Crippen molar-refractivity contribution in [3.05, 3.63) is 58.2 Å². The first kappa shape index (κ1) is 30.4. The van der Waals surface area contributed by atoms with Crippen molar-refractivity contribution in [3.63, 3.8) is 0 Å². The number of carbonyl (C=O) groups excluding carboxylic acids is 2. The Hall–Kier alpha value is -3.64. The third-order valence-electron chi connectivity index (χ3n) is 8.47. The van der Waals surface area contributed by atoms with E-state index in [2.05, 4.69) is 60.0 Å². The van der Waals surface area contributed by atoms with Crippen LogP contribution in [-0.4, -0.2) is 63.8 Å². The molecule has 44 heavy (non-hydrogen) atoms. The molecule has 0 saturated carbocycles. The van der Waals surface area contributed by atoms with Crippen LogP contribution in [0.25, 0.3) is 33.4 Å². The summed E-state index contributed by atoms with van der Waals surface area (Å²) in [6, 6.07) is 9.17. The van der Waals surface area contributed by atoms with E-state index >= 15 is 0 Å². The van der Waals surface area contributed by atoms with E-state index in [1.54, 1.807) is 13.3 Å². The SMILES string of the molecule is CCn1c(-c2cccnc2COC)c2c3cc(ccc31)-c1csc(n1)C[C@H](N)C(=O)N1CCC[C@H](N1)C(=O)OCC(C)(C)C2. The molecule has 1 aromatic carbocycles. The smallest absolute Gasteiger partial charge is 0.324 e. The van der Waals surface area contributed by atoms with Crippen LogP contribution < -0.4 is 11.2 Å². The van der Waals surface area contributed by atoms with Gasteiger partial charge in [0.05, 0.1) is 41.3 Å². The monoisotopic (exact) mass is 616 g/mol. The number of pyridine rings is 1. The molecular weight excluding hydrogens is 576 g/mol. The van der Waals surface area contributed by atoms with Gasteiger partial charge in [0.25, 0.3) is 5.91 Å². The lowest BCUT2D eigenvalue weighted by molar-refractivity contribution is -0.154. The second kappa shape index (κ2) is 12.4. The minimum atomic E-state index is -0.773. The molecule has 2 aliphatic heterocycles. The predicted molar refractivity (Wildman–Crippen MR) is 171 cm³/mol. The molecule has 2 aliphatic rings. The Labute approximate surface area is 261 Å². The van der Waals surface area contributed by atoms with Crippen LogP contribution in [-0.2, 0) is 45.1 Å². The topological polar surface area (TPSA) is 125 Å². The highest BCUT2D eigenvalue weighted by Gasteiger charge is 2.34. The predicted octanol–water partition coefficient (Wildman–Crippen LogP) is 4.48. The molecule has 1 saturated heterocycles. The second-order valence-corrected chi connectivity index (χ2v) is 13.4. The van der Waals surface area contributed by atoms with E-state index in [1.807, 2.05) is 11.4 Å². The minimum absolute atomic E-state index is 0.225. The molecule has 0 spiro atoms. The van der Waals surface area contributed by atoms with Crippen molar-refractivity contribution in [2.75, 3.05) is 20.3 Å². The zero-order chi connectivity index (χ0) is 31.0. The number of ether oxygens (including phenoxy) is 2. The number of methoxy groups -OCH3 is 1. The molecule has 1 fully saturated rings. The number of cyclic esters (lactones) is 1. The maximum absolute atomic E-state index is 13.3. The van der Waals surface area contributed by atoms with Crippen LogP contribution in [0.15, 0.2) is 41.9 Å². The van der Waals surface area contributed by atoms with E-state index in [-0.39, 0.29) is 18.5 Å². The van der Waals surface area contributed by atoms with Crippen LogP contribution in [0, 0.1) is 5.41 Å². The number of amides is 1. The fourth-order valence-corrected chi connectivity index (χ4v) is 7.19. The van der Waals surface area contributed by atoms with Gasteiger partial charge in [-0.15, -0.1) is 11.3 Å². The summed E-state index contributed by atoms with van der Waals surface area (Å²) >= 11 is 1.51. The molecule has 10 nitrogen and oxygen atoms in total. The molecule has 1 amide bonds. The number of rotatable bonds is 4. The number of hydrogen-bond donors (Lipinski definition) is 2. The van der Waals surface area contributed by atoms with Crippen LogP contribution in [0.1, 0.15) is 49.9 Å². The van der Waals surface area contributed by atoms with Gasteiger partial charge < -0.3 is 19.8 Å². The van der Waals surface area contributed by atoms with Gasteiger partial charge in [0.15, 0.2) is 0 Å². The van der Waals surface area contributed by atoms with Crippen molar-refractivity contribution in [2.45, 2.75) is 71.7 Å². The Kier molecular flexibility index (Phi) is 8.56. The number of nitrogens with zero attached hydrogens (tertiary/aromatic N) is 4. The molecule has 0 radical (unpaired) electrons. The Morgan fingerprint density at radius 3 is 2.89 bits per heavy atom. The number of aryl methyl sites for hydroxylation is 1. The third-order valence-corrected chi connectivity index (χ3v) is 9.34. The molecule has 2 atom stereocenters. The number of hydrogen-bond acceptors (Lipinski definition) is 9. The Bertz CT molecular complexity index is 1690. The van der Waals surface area contributed by atoms with E-state index in [1.165, 1.54) is 21.9 Å². The zero-order valence-electron chi connectivity index (χ0n) is 25.8. The van der Waals surface area contributed by atoms with Gasteiger partial charge in [-0.1, -0.05) is 19.9 Å². The first-order valence-corrected chi connectivity index (χ1v) is 16.1. The lowest BCUT2D eigenvalue weighted by Gasteiger charge is -2.34. The largest absolute Gasteiger partial charge is 0.464 e. The molecule has 4 aromatic rings. The quantitative estimate of drug-likeness (QED) is 0.322. The van der Waals surface area contributed by atoms with Crippen molar-refractivity contribution in [3.8, 4) is 22.5 Å². The average molecular weight is 617 g/mol. The van der Waals surface area contributed by atoms with Crippen molar-refractivity contribution >= 4 is 34.1 Å². The Morgan fingerprint density at radius 2 is 2.09 bits per heavy atom. The summed E-state index contributed by atoms with van der Waals surface area (Å²) < 4.78 is 13.8. The van der Waals surface area contributed by atoms with Crippen molar-refractivity contribution in [2.24, 2.45) is 11.1 Å². The minimum Gasteiger partial charge on any atom is -0.464 e. The van der Waals surface area contributed by atoms with Gasteiger partial charge in [-0.25, -0.2) is 10.4 Å². The molecule has 6 rings (SSSR count). The van der Waals surface area contributed by atoms with Crippen LogP contribution in [0.5, 0.6) is 0 Å². The lowest BCUT2D eigenvalue weighted by Crippen LogP contribution is -2.59. The lowest BCUT2D eigenvalue weighted by atomic mass is 9.84. The van der Waals surface area contributed by atoms with E-state index in [4.69, 9.17) is 20.2 Å². The van der Waals surface area contributed by atoms with Gasteiger partial charge in [-0.05, 0) is 56.0 Å². The summed E-state index contributed by atoms with van der Waals surface area (Å²) in [5.74, 6) is -0.605. The number of carbonyl (C=O) groups is 2. The Balaban J connectivity index is 1.52. The molecule has 232 valence electrons. The molecule has 3 aromatic heterocycles. The normalized spacial score (nSPS) is 20.9. The maximum Gasteiger partial charge on any atom is 0.324 e. The Morgan fingerprint density at radius 1 is 1.25 bits per heavy atom. The first-order valence-electron chi connectivity index (χ1n) is 15.2. The van der Waals surface area contributed by atoms with Gasteiger partial charge in [0.1, 0.15) is 6.04 Å². The molecule has 0 aliphatic carbocycles. The van der Waals surface area contributed by atoms with Gasteiger partial charge >= 0.3 is 5.97 Å². The average Bonchev–Trinajstić information content (AvgIpc) is 3.61. The van der Waals surface area contributed by atoms with E-state index in [0.717, 1.165) is 50.7 Å². The highest BCUT2D eigenvalue weighted by Crippen LogP contribution is 2.41. The van der Waals surface area contributed by atoms with Crippen LogP contribution in [0.2, 0.25) is 0 Å². The standard InChI is InChI=1S/C33H40N6O4S/c1-5-38-28-11-10-20-14-22(28)23(30(38)21-8-6-12-35-26(21)17-42-4)16-33(2,3)19-43-32(41)25-9-7-13-39(37-25)31(40)24(34)15-29-36-27(20)18-44-29/h6,8,10-12,14,18,24-25,37H,5,7,9,13,15-17,19,34H2,1-4H3/t24-,25-/m0/s1. The summed E-state index contributed by atoms with van der Waals surface area (Å²) in [6.07, 6.45) is 4.05. The summed E-state index contributed by atoms with van der Waals surface area (Å²) in [7, 11) is 1.68. The maximum atomic E-state index is 13.3. The number of nitrogens with one attached hydrogen (secondary N) is 1. The second-order valence-electron chi connectivity index (χ2n) is 12.4. The van der Waals surface area contributed by atoms with Crippen LogP contribution in [0.3, 0.4) is 0 Å². The summed E-state index contributed by atoms with van der Waals surface area (Å²) in [6.45, 7) is 8.27. The molecule has 3 N–H and O–H groups in total. The summed E-state index contributed by atoms with van der Waals surface area (Å²) in [5.41, 5.74) is 16.2. The number of thiazole rings is 1. The van der Waals surface area contributed by atoms with Gasteiger partial charge in [0, 0.05) is 65.6 Å². The number of hydrazine groups is 1. The summed E-state index contributed by atoms with van der Waals surface area (Å²) in [4.78, 5) is 36.1. The van der Waals surface area contributed by atoms with Crippen molar-refractivity contribution in [1.29, 1.82) is 0 Å². The van der Waals surface area contributed by atoms with Crippen LogP contribution in [0.4, 0.5) is 0 Å². The molecular formula is C33H40N6O4S. The molecule has 11 heteroatoms. The van der Waals surface area contributed by atoms with E-state index in [9.17, 15) is 9.59 Å². The number of nitrogens with two attached hydrogens (primary N) is 1. The number of fused-ring (bicyclic) bond motifs is 6. The molecule has 6 bridgehead atoms. The highest BCUT2D eigenvalue weighted by molar-refractivity contribution is 7.10. The van der Waals surface area contributed by atoms with E-state index < -0.39 is 17.5 Å². The van der Waals surface area contributed by atoms with Gasteiger partial charge in [-0.2, -0.15) is 0 Å². The number of benzene rings is 1. The first-order chi connectivity index (χ1) is 21.2. The fourth-order valence-electron chi connectivity index (χ4n) is 6.33. The van der Waals surface area contributed by atoms with Gasteiger partial charge in [0.2, 0.25) is 0 Å². The van der Waals surface area contributed by atoms with Crippen LogP contribution >= 0.6 is 11.3 Å².